The van der Waals surface area contributed by atoms with E-state index in [1.54, 1.807) is 27.4 Å². The first-order valence-electron chi connectivity index (χ1n) is 26.5. The molecule has 1 N–H and O–H groups in total. The lowest BCUT2D eigenvalue weighted by Crippen LogP contribution is -2.75. The summed E-state index contributed by atoms with van der Waals surface area (Å²) in [5, 5.41) is 9.12. The molecule has 14 atom stereocenters. The maximum atomic E-state index is 13.2. The fraction of sp³-hybridized carbons (Fsp3) is 0.885. The highest BCUT2D eigenvalue weighted by atomic mass is 35.5. The number of rotatable bonds is 10. The fourth-order valence-corrected chi connectivity index (χ4v) is 14.4. The van der Waals surface area contributed by atoms with E-state index in [4.69, 9.17) is 16.7 Å². The molecule has 2 heterocycles. The van der Waals surface area contributed by atoms with E-state index in [0.29, 0.717) is 76.7 Å². The lowest BCUT2D eigenvalue weighted by molar-refractivity contribution is -0.471. The fourth-order valence-electron chi connectivity index (χ4n) is 14.4. The molecule has 498 valence electrons. The molecule has 0 aromatic carbocycles. The van der Waals surface area contributed by atoms with E-state index >= 15 is 0 Å². The van der Waals surface area contributed by atoms with Crippen molar-refractivity contribution < 1.29 is 144 Å². The molecule has 14 unspecified atom stereocenters. The SMILES string of the molecule is C=COC.C=COC.COCCl.COCOC(CC1CC2C=CC1C2)(C(F)(F)F)C(F)(F)F.FC(F)(F)C1(C(F)(F)F)OC2C3CCC(C3)C21.FC(F)(F)C1(C(F)(F)F)OC2C3CCC(C3)C21.OC(CC1CC2CCC1C2)(C(F)(F)F)C(F)(F)F. The molecular formula is C52H67ClF24O8. The number of allylic oxidation sites excluding steroid dienone is 2. The van der Waals surface area contributed by atoms with Gasteiger partial charge >= 0.3 is 49.4 Å². The molecule has 7 saturated carbocycles. The van der Waals surface area contributed by atoms with Gasteiger partial charge in [-0.2, -0.15) is 105 Å². The first-order valence-corrected chi connectivity index (χ1v) is 27.0. The van der Waals surface area contributed by atoms with Crippen LogP contribution in [-0.2, 0) is 33.2 Å². The number of halogens is 25. The number of aliphatic hydroxyl groups is 1. The van der Waals surface area contributed by atoms with Gasteiger partial charge in [-0.05, 0) is 143 Å². The van der Waals surface area contributed by atoms with Crippen molar-refractivity contribution in [2.45, 2.75) is 174 Å². The molecular weight excluding hydrogens is 1240 g/mol. The molecule has 8 aliphatic carbocycles. The first kappa shape index (κ1) is 74.7. The summed E-state index contributed by atoms with van der Waals surface area (Å²) in [5.41, 5.74) is -16.5. The van der Waals surface area contributed by atoms with E-state index in [-0.39, 0.29) is 35.5 Å². The molecule has 0 amide bonds. The topological polar surface area (TPSA) is 84.8 Å². The van der Waals surface area contributed by atoms with Crippen LogP contribution in [0.25, 0.3) is 0 Å². The summed E-state index contributed by atoms with van der Waals surface area (Å²) in [6.45, 7) is 5.45. The molecule has 0 spiro atoms. The van der Waals surface area contributed by atoms with E-state index < -0.39 is 139 Å². The van der Waals surface area contributed by atoms with E-state index in [2.05, 4.69) is 46.3 Å². The van der Waals surface area contributed by atoms with Gasteiger partial charge in [0.15, 0.2) is 0 Å². The Bertz CT molecular complexity index is 2020. The van der Waals surface area contributed by atoms with Crippen LogP contribution in [-0.4, -0.2) is 130 Å². The van der Waals surface area contributed by atoms with Gasteiger partial charge in [0, 0.05) is 26.1 Å². The Hall–Kier alpha value is -2.81. The van der Waals surface area contributed by atoms with Gasteiger partial charge < -0.3 is 38.3 Å². The molecule has 0 radical (unpaired) electrons. The Morgan fingerprint density at radius 2 is 0.882 bits per heavy atom. The number of hydrogen-bond donors (Lipinski definition) is 1. The van der Waals surface area contributed by atoms with Crippen molar-refractivity contribution in [1.82, 2.24) is 0 Å². The Labute approximate surface area is 478 Å². The lowest BCUT2D eigenvalue weighted by Gasteiger charge is -2.56. The van der Waals surface area contributed by atoms with E-state index in [9.17, 15) is 105 Å². The van der Waals surface area contributed by atoms with Gasteiger partial charge in [-0.1, -0.05) is 43.3 Å². The predicted octanol–water partition coefficient (Wildman–Crippen LogP) is 16.7. The first-order chi connectivity index (χ1) is 38.8. The molecule has 0 aromatic heterocycles. The molecule has 0 aromatic rings. The van der Waals surface area contributed by atoms with E-state index in [0.717, 1.165) is 13.5 Å². The van der Waals surface area contributed by atoms with Crippen molar-refractivity contribution in [3.05, 3.63) is 37.8 Å². The van der Waals surface area contributed by atoms with Gasteiger partial charge in [-0.3, -0.25) is 0 Å². The second-order valence-corrected chi connectivity index (χ2v) is 22.9. The standard InChI is InChI=1S/C13H16F6O2.C11H14F6O.2C10H10F6O.2C3H6O.C2H5ClO/c1-20-7-21-11(12(14,15)16,13(17,18)19)6-10-5-8-2-3-9(10)4-8;12-10(13,14)9(18,11(15,16)17)5-8-4-6-1-2-7(8)3-6;2*11-9(12,13)8(10(14,15)16)6-4-1-2-5(3-4)7(6)17-8;2*1-3-4-2;1-4-2-3/h2-3,8-10H,4-7H2,1H3;6-8,18H,1-5H2;2*4-7H,1-3H2;2*3H,1H2,2H3;2H2,1H3. The largest absolute Gasteiger partial charge is 0.505 e. The summed E-state index contributed by atoms with van der Waals surface area (Å²) in [6, 6.07) is 0.292. The maximum Gasteiger partial charge on any atom is 0.426 e. The van der Waals surface area contributed by atoms with Crippen molar-refractivity contribution in [1.29, 1.82) is 0 Å². The Morgan fingerprint density at radius 3 is 1.14 bits per heavy atom. The minimum Gasteiger partial charge on any atom is -0.505 e. The summed E-state index contributed by atoms with van der Waals surface area (Å²) >= 11 is 4.96. The predicted molar refractivity (Wildman–Crippen MR) is 252 cm³/mol. The number of methoxy groups -OCH3 is 4. The van der Waals surface area contributed by atoms with Gasteiger partial charge in [-0.25, -0.2) is 0 Å². The van der Waals surface area contributed by atoms with Crippen LogP contribution in [0, 0.1) is 71.0 Å². The van der Waals surface area contributed by atoms with Crippen LogP contribution in [0.2, 0.25) is 0 Å². The van der Waals surface area contributed by atoms with Crippen molar-refractivity contribution in [3.8, 4) is 0 Å². The second kappa shape index (κ2) is 27.3. The van der Waals surface area contributed by atoms with Gasteiger partial charge in [-0.15, -0.1) is 0 Å². The quantitative estimate of drug-likeness (QED) is 0.0761. The molecule has 8 nitrogen and oxygen atoms in total. The highest BCUT2D eigenvalue weighted by molar-refractivity contribution is 6.17. The van der Waals surface area contributed by atoms with Crippen LogP contribution < -0.4 is 0 Å². The van der Waals surface area contributed by atoms with E-state index in [1.807, 2.05) is 6.08 Å². The van der Waals surface area contributed by atoms with Crippen molar-refractivity contribution in [2.75, 3.05) is 41.3 Å². The highest BCUT2D eigenvalue weighted by Crippen LogP contribution is 2.71. The molecule has 2 aliphatic heterocycles. The lowest BCUT2D eigenvalue weighted by atomic mass is 9.68. The van der Waals surface area contributed by atoms with Gasteiger partial charge in [0.2, 0.25) is 0 Å². The minimum atomic E-state index is -5.67. The summed E-state index contributed by atoms with van der Waals surface area (Å²) in [7, 11) is 5.66. The zero-order valence-corrected chi connectivity index (χ0v) is 46.6. The van der Waals surface area contributed by atoms with Gasteiger partial charge in [0.25, 0.3) is 22.4 Å². The molecule has 33 heteroatoms. The third-order valence-corrected chi connectivity index (χ3v) is 18.3. The molecule has 9 fully saturated rings. The average molecular weight is 1310 g/mol. The molecule has 85 heavy (non-hydrogen) atoms. The molecule has 2 saturated heterocycles. The summed E-state index contributed by atoms with van der Waals surface area (Å²) < 4.78 is 338. The van der Waals surface area contributed by atoms with Crippen LogP contribution in [0.15, 0.2) is 37.8 Å². The van der Waals surface area contributed by atoms with Crippen LogP contribution in [0.1, 0.15) is 89.9 Å². The Morgan fingerprint density at radius 1 is 0.494 bits per heavy atom. The molecule has 10 rings (SSSR count). The average Bonchev–Trinajstić information content (AvgIpc) is 1.65. The molecule has 8 bridgehead atoms. The van der Waals surface area contributed by atoms with Crippen molar-refractivity contribution >= 4 is 11.6 Å². The van der Waals surface area contributed by atoms with Crippen molar-refractivity contribution in [2.24, 2.45) is 71.0 Å². The number of ether oxygens (including phenoxy) is 7. The third kappa shape index (κ3) is 14.8. The number of hydrogen-bond acceptors (Lipinski definition) is 8. The van der Waals surface area contributed by atoms with Gasteiger partial charge in [0.1, 0.15) is 12.9 Å². The normalized spacial score (nSPS) is 32.5. The van der Waals surface area contributed by atoms with Crippen LogP contribution in [0.5, 0.6) is 0 Å². The van der Waals surface area contributed by atoms with Crippen LogP contribution in [0.3, 0.4) is 0 Å². The zero-order chi connectivity index (χ0) is 65.2. The summed E-state index contributed by atoms with van der Waals surface area (Å²) in [4.78, 5) is 0. The molecule has 10 aliphatic rings. The Balaban J connectivity index is 0.000000228. The number of fused-ring (bicyclic) bond motifs is 14. The van der Waals surface area contributed by atoms with Gasteiger partial charge in [0.05, 0.1) is 39.0 Å². The van der Waals surface area contributed by atoms with Crippen molar-refractivity contribution in [3.63, 3.8) is 0 Å². The Kier molecular flexibility index (Phi) is 24.0. The highest BCUT2D eigenvalue weighted by Gasteiger charge is 2.87. The zero-order valence-electron chi connectivity index (χ0n) is 45.9. The van der Waals surface area contributed by atoms with Crippen LogP contribution >= 0.6 is 11.6 Å². The number of alkyl halides is 25. The van der Waals surface area contributed by atoms with Crippen LogP contribution in [0.4, 0.5) is 105 Å². The second-order valence-electron chi connectivity index (χ2n) is 22.7. The summed E-state index contributed by atoms with van der Waals surface area (Å²) in [5.74, 6) is -5.36. The maximum absolute atomic E-state index is 13.2. The smallest absolute Gasteiger partial charge is 0.426 e. The third-order valence-electron chi connectivity index (χ3n) is 18.1. The van der Waals surface area contributed by atoms with E-state index in [1.165, 1.54) is 12.5 Å². The summed E-state index contributed by atoms with van der Waals surface area (Å²) in [6.07, 6.45) is -34.8. The minimum absolute atomic E-state index is 0.0848. The monoisotopic (exact) mass is 1310 g/mol.